The third-order valence-corrected chi connectivity index (χ3v) is 6.28. The molecule has 1 aliphatic heterocycles. The van der Waals surface area contributed by atoms with Gasteiger partial charge in [0.1, 0.15) is 16.5 Å². The van der Waals surface area contributed by atoms with E-state index in [4.69, 9.17) is 9.26 Å². The fraction of sp³-hybridized carbons (Fsp3) is 0.600. The van der Waals surface area contributed by atoms with E-state index in [9.17, 15) is 12.8 Å². The van der Waals surface area contributed by atoms with Crippen molar-refractivity contribution in [2.45, 2.75) is 50.3 Å². The molecule has 0 unspecified atom stereocenters. The predicted octanol–water partition coefficient (Wildman–Crippen LogP) is 3.81. The molecule has 0 aliphatic carbocycles. The Labute approximate surface area is 171 Å². The molecule has 29 heavy (non-hydrogen) atoms. The third-order valence-electron chi connectivity index (χ3n) is 5.15. The minimum Gasteiger partial charge on any atom is -0.493 e. The summed E-state index contributed by atoms with van der Waals surface area (Å²) in [6, 6.07) is 3.87. The van der Waals surface area contributed by atoms with Crippen molar-refractivity contribution >= 4 is 15.8 Å². The Hall–Kier alpha value is -2.16. The van der Waals surface area contributed by atoms with Crippen LogP contribution < -0.4 is 9.64 Å². The molecule has 0 radical (unpaired) electrons. The number of halogens is 1. The second kappa shape index (κ2) is 9.11. The molecule has 1 fully saturated rings. The summed E-state index contributed by atoms with van der Waals surface area (Å²) < 4.78 is 47.6. The van der Waals surface area contributed by atoms with Crippen LogP contribution in [0.4, 0.5) is 10.3 Å². The summed E-state index contributed by atoms with van der Waals surface area (Å²) in [5.41, 5.74) is 0. The fourth-order valence-electron chi connectivity index (χ4n) is 3.45. The highest BCUT2D eigenvalue weighted by Crippen LogP contribution is 2.26. The summed E-state index contributed by atoms with van der Waals surface area (Å²) in [5.74, 6) is 1.75. The lowest BCUT2D eigenvalue weighted by atomic mass is 9.92. The number of hydrogen-bond donors (Lipinski definition) is 0. The average molecular weight is 426 g/mol. The van der Waals surface area contributed by atoms with Gasteiger partial charge in [-0.3, -0.25) is 0 Å². The van der Waals surface area contributed by atoms with Gasteiger partial charge < -0.3 is 14.2 Å². The van der Waals surface area contributed by atoms with Gasteiger partial charge in [0.15, 0.2) is 9.84 Å². The maximum Gasteiger partial charge on any atom is 0.266 e. The monoisotopic (exact) mass is 425 g/mol. The van der Waals surface area contributed by atoms with Gasteiger partial charge in [0.25, 0.3) is 5.95 Å². The third kappa shape index (κ3) is 5.68. The van der Waals surface area contributed by atoms with Crippen molar-refractivity contribution < 1.29 is 22.1 Å². The molecular weight excluding hydrogens is 397 g/mol. The quantitative estimate of drug-likeness (QED) is 0.595. The van der Waals surface area contributed by atoms with Gasteiger partial charge in [0.05, 0.1) is 6.61 Å². The van der Waals surface area contributed by atoms with Crippen LogP contribution in [-0.2, 0) is 9.84 Å². The first kappa shape index (κ1) is 21.5. The van der Waals surface area contributed by atoms with Gasteiger partial charge in [-0.05, 0) is 48.9 Å². The molecule has 9 heteroatoms. The van der Waals surface area contributed by atoms with Gasteiger partial charge in [0, 0.05) is 31.3 Å². The lowest BCUT2D eigenvalue weighted by Crippen LogP contribution is -2.34. The number of aromatic nitrogens is 2. The van der Waals surface area contributed by atoms with E-state index >= 15 is 0 Å². The highest BCUT2D eigenvalue weighted by molar-refractivity contribution is 7.90. The standard InChI is InChI=1S/C20H28FN3O4S/c1-14(2)19-22-20(23-28-19)24-10-8-15(9-11-24)5-4-12-27-16-6-7-18(17(21)13-16)29(3,25)26/h6-7,13-15H,4-5,8-12H2,1-3H3. The highest BCUT2D eigenvalue weighted by Gasteiger charge is 2.23. The molecule has 7 nitrogen and oxygen atoms in total. The Balaban J connectivity index is 1.39. The summed E-state index contributed by atoms with van der Waals surface area (Å²) >= 11 is 0. The van der Waals surface area contributed by atoms with Gasteiger partial charge in [-0.25, -0.2) is 12.8 Å². The molecule has 3 rings (SSSR count). The summed E-state index contributed by atoms with van der Waals surface area (Å²) in [6.07, 6.45) is 4.99. The van der Waals surface area contributed by atoms with Gasteiger partial charge in [0.2, 0.25) is 5.89 Å². The minimum atomic E-state index is -3.57. The lowest BCUT2D eigenvalue weighted by molar-refractivity contribution is 0.277. The predicted molar refractivity (Wildman–Crippen MR) is 108 cm³/mol. The normalized spacial score (nSPS) is 15.8. The molecule has 1 saturated heterocycles. The van der Waals surface area contributed by atoms with Crippen LogP contribution in [0.25, 0.3) is 0 Å². The molecule has 0 amide bonds. The van der Waals surface area contributed by atoms with Crippen molar-refractivity contribution in [2.75, 3.05) is 30.9 Å². The van der Waals surface area contributed by atoms with E-state index in [-0.39, 0.29) is 10.8 Å². The van der Waals surface area contributed by atoms with Crippen molar-refractivity contribution in [3.63, 3.8) is 0 Å². The highest BCUT2D eigenvalue weighted by atomic mass is 32.2. The molecule has 0 spiro atoms. The SMILES string of the molecule is CC(C)c1nc(N2CCC(CCCOc3ccc(S(C)(=O)=O)c(F)c3)CC2)no1. The molecule has 0 N–H and O–H groups in total. The van der Waals surface area contributed by atoms with E-state index in [0.717, 1.165) is 51.1 Å². The number of anilines is 1. The molecule has 0 saturated carbocycles. The summed E-state index contributed by atoms with van der Waals surface area (Å²) in [6.45, 7) is 6.34. The van der Waals surface area contributed by atoms with E-state index in [1.54, 1.807) is 0 Å². The maximum absolute atomic E-state index is 13.9. The van der Waals surface area contributed by atoms with Crippen molar-refractivity contribution in [2.24, 2.45) is 5.92 Å². The largest absolute Gasteiger partial charge is 0.493 e. The van der Waals surface area contributed by atoms with Gasteiger partial charge in [-0.15, -0.1) is 0 Å². The first-order valence-corrected chi connectivity index (χ1v) is 11.8. The number of rotatable bonds is 8. The molecule has 160 valence electrons. The number of benzene rings is 1. The zero-order valence-electron chi connectivity index (χ0n) is 17.1. The molecule has 0 atom stereocenters. The zero-order chi connectivity index (χ0) is 21.0. The number of ether oxygens (including phenoxy) is 1. The van der Waals surface area contributed by atoms with Crippen LogP contribution in [0.1, 0.15) is 51.3 Å². The van der Waals surface area contributed by atoms with Crippen LogP contribution in [0.5, 0.6) is 5.75 Å². The van der Waals surface area contributed by atoms with E-state index < -0.39 is 15.7 Å². The molecule has 2 heterocycles. The molecular formula is C20H28FN3O4S. The first-order chi connectivity index (χ1) is 13.7. The Morgan fingerprint density at radius 2 is 2.03 bits per heavy atom. The van der Waals surface area contributed by atoms with Crippen LogP contribution in [-0.4, -0.2) is 44.5 Å². The smallest absolute Gasteiger partial charge is 0.266 e. The number of hydrogen-bond acceptors (Lipinski definition) is 7. The van der Waals surface area contributed by atoms with Crippen LogP contribution >= 0.6 is 0 Å². The van der Waals surface area contributed by atoms with Gasteiger partial charge in [-0.2, -0.15) is 4.98 Å². The fourth-order valence-corrected chi connectivity index (χ4v) is 4.17. The Morgan fingerprint density at radius 1 is 1.31 bits per heavy atom. The first-order valence-electron chi connectivity index (χ1n) is 9.95. The van der Waals surface area contributed by atoms with Gasteiger partial charge >= 0.3 is 0 Å². The molecule has 2 aromatic rings. The summed E-state index contributed by atoms with van der Waals surface area (Å²) in [5, 5.41) is 4.08. The van der Waals surface area contributed by atoms with E-state index in [1.165, 1.54) is 12.1 Å². The van der Waals surface area contributed by atoms with Crippen LogP contribution in [0.15, 0.2) is 27.6 Å². The van der Waals surface area contributed by atoms with Crippen LogP contribution in [0.2, 0.25) is 0 Å². The molecule has 1 aromatic carbocycles. The van der Waals surface area contributed by atoms with E-state index in [1.807, 2.05) is 13.8 Å². The van der Waals surface area contributed by atoms with Gasteiger partial charge in [-0.1, -0.05) is 13.8 Å². The second-order valence-electron chi connectivity index (χ2n) is 7.87. The van der Waals surface area contributed by atoms with Crippen LogP contribution in [0, 0.1) is 11.7 Å². The Morgan fingerprint density at radius 3 is 2.62 bits per heavy atom. The number of sulfone groups is 1. The average Bonchev–Trinajstić information content (AvgIpc) is 3.15. The van der Waals surface area contributed by atoms with E-state index in [2.05, 4.69) is 15.0 Å². The van der Waals surface area contributed by atoms with Crippen molar-refractivity contribution in [1.29, 1.82) is 0 Å². The van der Waals surface area contributed by atoms with Crippen molar-refractivity contribution in [3.8, 4) is 5.75 Å². The molecule has 0 bridgehead atoms. The van der Waals surface area contributed by atoms with Crippen LogP contribution in [0.3, 0.4) is 0 Å². The minimum absolute atomic E-state index is 0.227. The topological polar surface area (TPSA) is 85.5 Å². The second-order valence-corrected chi connectivity index (χ2v) is 9.86. The van der Waals surface area contributed by atoms with E-state index in [0.29, 0.717) is 30.1 Å². The summed E-state index contributed by atoms with van der Waals surface area (Å²) in [7, 11) is -3.57. The van der Waals surface area contributed by atoms with Crippen molar-refractivity contribution in [3.05, 3.63) is 29.9 Å². The number of nitrogens with zero attached hydrogens (tertiary/aromatic N) is 3. The molecule has 1 aliphatic rings. The Kier molecular flexibility index (Phi) is 6.77. The Bertz CT molecular complexity index is 922. The van der Waals surface area contributed by atoms with Crippen molar-refractivity contribution in [1.82, 2.24) is 10.1 Å². The summed E-state index contributed by atoms with van der Waals surface area (Å²) in [4.78, 5) is 6.31. The number of piperidine rings is 1. The maximum atomic E-state index is 13.9. The zero-order valence-corrected chi connectivity index (χ0v) is 17.9. The lowest BCUT2D eigenvalue weighted by Gasteiger charge is -2.30. The molecule has 1 aromatic heterocycles.